The van der Waals surface area contributed by atoms with Gasteiger partial charge in [-0.05, 0) is 36.5 Å². The van der Waals surface area contributed by atoms with E-state index in [1.54, 1.807) is 19.1 Å². The van der Waals surface area contributed by atoms with Crippen molar-refractivity contribution in [2.75, 3.05) is 0 Å². The molecule has 0 spiro atoms. The van der Waals surface area contributed by atoms with Crippen molar-refractivity contribution in [3.05, 3.63) is 35.6 Å². The van der Waals surface area contributed by atoms with E-state index in [4.69, 9.17) is 5.11 Å². The van der Waals surface area contributed by atoms with Gasteiger partial charge >= 0.3 is 5.97 Å². The van der Waals surface area contributed by atoms with Crippen LogP contribution in [0, 0.1) is 17.7 Å². The van der Waals surface area contributed by atoms with Gasteiger partial charge in [0.25, 0.3) is 0 Å². The predicted octanol–water partition coefficient (Wildman–Crippen LogP) is 2.37. The maximum Gasteiger partial charge on any atom is 0.326 e. The molecule has 1 amide bonds. The Morgan fingerprint density at radius 2 is 2.14 bits per heavy atom. The number of carboxylic acids is 1. The Morgan fingerprint density at radius 1 is 1.43 bits per heavy atom. The number of benzene rings is 1. The zero-order valence-corrected chi connectivity index (χ0v) is 12.0. The van der Waals surface area contributed by atoms with Crippen molar-refractivity contribution < 1.29 is 19.1 Å². The van der Waals surface area contributed by atoms with Crippen LogP contribution in [0.25, 0.3) is 0 Å². The second-order valence-corrected chi connectivity index (χ2v) is 5.81. The van der Waals surface area contributed by atoms with Crippen LogP contribution in [0.1, 0.15) is 31.7 Å². The fraction of sp³-hybridized carbons (Fsp3) is 0.500. The molecule has 1 aliphatic rings. The number of rotatable bonds is 7. The average Bonchev–Trinajstić information content (AvgIpc) is 3.21. The van der Waals surface area contributed by atoms with Crippen molar-refractivity contribution in [3.8, 4) is 0 Å². The number of hydrogen-bond donors (Lipinski definition) is 2. The molecule has 0 heterocycles. The van der Waals surface area contributed by atoms with Crippen molar-refractivity contribution in [3.63, 3.8) is 0 Å². The number of carboxylic acid groups (broad SMARTS) is 1. The third-order valence-electron chi connectivity index (χ3n) is 3.76. The van der Waals surface area contributed by atoms with Gasteiger partial charge in [0, 0.05) is 5.92 Å². The standard InChI is InChI=1S/C16H20FNO3/c1-10(7-12-3-2-4-13(17)8-12)15(19)18-14(16(20)21)9-11-5-6-11/h2-4,8,10-11,14H,5-7,9H2,1H3,(H,18,19)(H,20,21). The van der Waals surface area contributed by atoms with Crippen LogP contribution >= 0.6 is 0 Å². The fourth-order valence-electron chi connectivity index (χ4n) is 2.33. The Kier molecular flexibility index (Phi) is 4.94. The van der Waals surface area contributed by atoms with Gasteiger partial charge < -0.3 is 10.4 Å². The van der Waals surface area contributed by atoms with Crippen LogP contribution in [-0.2, 0) is 16.0 Å². The molecule has 2 unspecified atom stereocenters. The van der Waals surface area contributed by atoms with E-state index in [2.05, 4.69) is 5.32 Å². The molecule has 1 aliphatic carbocycles. The summed E-state index contributed by atoms with van der Waals surface area (Å²) < 4.78 is 13.1. The van der Waals surface area contributed by atoms with E-state index in [-0.39, 0.29) is 11.7 Å². The summed E-state index contributed by atoms with van der Waals surface area (Å²) in [5, 5.41) is 11.7. The van der Waals surface area contributed by atoms with Crippen LogP contribution in [0.15, 0.2) is 24.3 Å². The first-order valence-corrected chi connectivity index (χ1v) is 7.23. The highest BCUT2D eigenvalue weighted by molar-refractivity contribution is 5.84. The molecular weight excluding hydrogens is 273 g/mol. The number of carbonyl (C=O) groups excluding carboxylic acids is 1. The smallest absolute Gasteiger partial charge is 0.326 e. The van der Waals surface area contributed by atoms with Crippen molar-refractivity contribution in [1.82, 2.24) is 5.32 Å². The molecular formula is C16H20FNO3. The van der Waals surface area contributed by atoms with E-state index in [1.807, 2.05) is 0 Å². The Hall–Kier alpha value is -1.91. The summed E-state index contributed by atoms with van der Waals surface area (Å²) in [5.41, 5.74) is 0.728. The molecule has 1 aromatic carbocycles. The van der Waals surface area contributed by atoms with Crippen LogP contribution < -0.4 is 5.32 Å². The van der Waals surface area contributed by atoms with Crippen LogP contribution in [0.2, 0.25) is 0 Å². The van der Waals surface area contributed by atoms with Crippen molar-refractivity contribution in [2.45, 2.75) is 38.6 Å². The van der Waals surface area contributed by atoms with E-state index in [0.717, 1.165) is 18.4 Å². The highest BCUT2D eigenvalue weighted by Gasteiger charge is 2.31. The van der Waals surface area contributed by atoms with Gasteiger partial charge in [0.2, 0.25) is 5.91 Å². The summed E-state index contributed by atoms with van der Waals surface area (Å²) in [4.78, 5) is 23.2. The van der Waals surface area contributed by atoms with E-state index in [0.29, 0.717) is 18.8 Å². The molecule has 0 bridgehead atoms. The van der Waals surface area contributed by atoms with Gasteiger partial charge in [-0.2, -0.15) is 0 Å². The number of nitrogens with one attached hydrogen (secondary N) is 1. The molecule has 1 saturated carbocycles. The first-order valence-electron chi connectivity index (χ1n) is 7.23. The summed E-state index contributed by atoms with van der Waals surface area (Å²) in [6, 6.07) is 5.28. The highest BCUT2D eigenvalue weighted by atomic mass is 19.1. The summed E-state index contributed by atoms with van der Waals surface area (Å²) in [7, 11) is 0. The lowest BCUT2D eigenvalue weighted by molar-refractivity contribution is -0.142. The zero-order chi connectivity index (χ0) is 15.4. The molecule has 114 valence electrons. The summed E-state index contributed by atoms with van der Waals surface area (Å²) >= 11 is 0. The van der Waals surface area contributed by atoms with E-state index in [1.165, 1.54) is 12.1 Å². The van der Waals surface area contributed by atoms with Crippen molar-refractivity contribution in [2.24, 2.45) is 11.8 Å². The lowest BCUT2D eigenvalue weighted by Crippen LogP contribution is -2.43. The van der Waals surface area contributed by atoms with E-state index >= 15 is 0 Å². The molecule has 0 saturated heterocycles. The maximum atomic E-state index is 13.1. The molecule has 1 aromatic rings. The van der Waals surface area contributed by atoms with Gasteiger partial charge in [-0.1, -0.05) is 31.9 Å². The number of halogens is 1. The lowest BCUT2D eigenvalue weighted by atomic mass is 9.99. The lowest BCUT2D eigenvalue weighted by Gasteiger charge is -2.17. The van der Waals surface area contributed by atoms with Crippen LogP contribution in [0.4, 0.5) is 4.39 Å². The summed E-state index contributed by atoms with van der Waals surface area (Å²) in [5.74, 6) is -1.60. The van der Waals surface area contributed by atoms with E-state index in [9.17, 15) is 14.0 Å². The van der Waals surface area contributed by atoms with Crippen molar-refractivity contribution >= 4 is 11.9 Å². The van der Waals surface area contributed by atoms with Gasteiger partial charge in [-0.3, -0.25) is 4.79 Å². The largest absolute Gasteiger partial charge is 0.480 e. The minimum absolute atomic E-state index is 0.299. The topological polar surface area (TPSA) is 66.4 Å². The molecule has 0 aromatic heterocycles. The first-order chi connectivity index (χ1) is 9.95. The monoisotopic (exact) mass is 293 g/mol. The zero-order valence-electron chi connectivity index (χ0n) is 12.0. The van der Waals surface area contributed by atoms with Crippen LogP contribution in [0.5, 0.6) is 0 Å². The van der Waals surface area contributed by atoms with Crippen molar-refractivity contribution in [1.29, 1.82) is 0 Å². The SMILES string of the molecule is CC(Cc1cccc(F)c1)C(=O)NC(CC1CC1)C(=O)O. The average molecular weight is 293 g/mol. The third kappa shape index (κ3) is 4.85. The number of carbonyl (C=O) groups is 2. The Balaban J connectivity index is 1.89. The van der Waals surface area contributed by atoms with Gasteiger partial charge in [-0.15, -0.1) is 0 Å². The maximum absolute atomic E-state index is 13.1. The van der Waals surface area contributed by atoms with Gasteiger partial charge in [0.15, 0.2) is 0 Å². The molecule has 0 aliphatic heterocycles. The van der Waals surface area contributed by atoms with Crippen LogP contribution in [0.3, 0.4) is 0 Å². The third-order valence-corrected chi connectivity index (χ3v) is 3.76. The summed E-state index contributed by atoms with van der Waals surface area (Å²) in [6.07, 6.45) is 2.96. The highest BCUT2D eigenvalue weighted by Crippen LogP contribution is 2.33. The Bertz CT molecular complexity index is 528. The molecule has 4 nitrogen and oxygen atoms in total. The summed E-state index contributed by atoms with van der Waals surface area (Å²) in [6.45, 7) is 1.72. The quantitative estimate of drug-likeness (QED) is 0.811. The molecule has 2 rings (SSSR count). The first kappa shape index (κ1) is 15.5. The molecule has 2 N–H and O–H groups in total. The minimum atomic E-state index is -0.992. The molecule has 0 radical (unpaired) electrons. The normalized spacial score (nSPS) is 17.0. The van der Waals surface area contributed by atoms with Gasteiger partial charge in [0.1, 0.15) is 11.9 Å². The molecule has 1 fully saturated rings. The Morgan fingerprint density at radius 3 is 2.71 bits per heavy atom. The minimum Gasteiger partial charge on any atom is -0.480 e. The number of amides is 1. The van der Waals surface area contributed by atoms with E-state index < -0.39 is 17.9 Å². The molecule has 5 heteroatoms. The molecule has 21 heavy (non-hydrogen) atoms. The van der Waals surface area contributed by atoms with Crippen LogP contribution in [-0.4, -0.2) is 23.0 Å². The second-order valence-electron chi connectivity index (χ2n) is 5.81. The number of aliphatic carboxylic acids is 1. The molecule has 2 atom stereocenters. The van der Waals surface area contributed by atoms with Gasteiger partial charge in [0.05, 0.1) is 0 Å². The number of hydrogen-bond acceptors (Lipinski definition) is 2. The van der Waals surface area contributed by atoms with Gasteiger partial charge in [-0.25, -0.2) is 9.18 Å². The second kappa shape index (κ2) is 6.70. The predicted molar refractivity (Wildman–Crippen MR) is 76.2 cm³/mol. The fourth-order valence-corrected chi connectivity index (χ4v) is 2.33. The Labute approximate surface area is 123 Å².